The van der Waals surface area contributed by atoms with Gasteiger partial charge in [-0.1, -0.05) is 37.6 Å². The zero-order valence-electron chi connectivity index (χ0n) is 11.4. The fourth-order valence-corrected chi connectivity index (χ4v) is 2.93. The lowest BCUT2D eigenvalue weighted by Crippen LogP contribution is -2.07. The highest BCUT2D eigenvalue weighted by molar-refractivity contribution is 7.18. The van der Waals surface area contributed by atoms with Crippen molar-refractivity contribution < 1.29 is 4.79 Å². The van der Waals surface area contributed by atoms with Crippen LogP contribution in [0.4, 0.5) is 10.7 Å². The van der Waals surface area contributed by atoms with Gasteiger partial charge < -0.3 is 11.1 Å². The fourth-order valence-electron chi connectivity index (χ4n) is 1.74. The highest BCUT2D eigenvalue weighted by Gasteiger charge is 2.17. The largest absolute Gasteiger partial charge is 0.397 e. The zero-order valence-corrected chi connectivity index (χ0v) is 13.0. The van der Waals surface area contributed by atoms with Gasteiger partial charge in [0, 0.05) is 17.5 Å². The monoisotopic (exact) mass is 308 g/mol. The van der Waals surface area contributed by atoms with Crippen molar-refractivity contribution in [2.24, 2.45) is 5.92 Å². The number of Topliss-reactive ketones (excluding diaryl/α,β-unsaturated/α-hetero) is 1. The smallest absolute Gasteiger partial charge is 0.177 e. The van der Waals surface area contributed by atoms with Gasteiger partial charge in [-0.3, -0.25) is 4.79 Å². The molecule has 20 heavy (non-hydrogen) atoms. The van der Waals surface area contributed by atoms with Crippen molar-refractivity contribution in [1.29, 1.82) is 0 Å². The first kappa shape index (κ1) is 14.9. The molecule has 2 aromatic rings. The van der Waals surface area contributed by atoms with E-state index in [0.29, 0.717) is 17.1 Å². The molecule has 0 saturated heterocycles. The number of thiophene rings is 1. The van der Waals surface area contributed by atoms with Gasteiger partial charge in [-0.15, -0.1) is 11.3 Å². The van der Waals surface area contributed by atoms with Crippen LogP contribution in [-0.2, 0) is 6.54 Å². The number of benzene rings is 1. The number of carbonyl (C=O) groups is 1. The summed E-state index contributed by atoms with van der Waals surface area (Å²) in [5.41, 5.74) is 7.57. The zero-order chi connectivity index (χ0) is 14.7. The second-order valence-electron chi connectivity index (χ2n) is 4.89. The molecule has 0 unspecified atom stereocenters. The molecule has 106 valence electrons. The van der Waals surface area contributed by atoms with Crippen LogP contribution in [0.3, 0.4) is 0 Å². The Labute approximate surface area is 127 Å². The molecular weight excluding hydrogens is 292 g/mol. The molecule has 1 aromatic heterocycles. The van der Waals surface area contributed by atoms with Crippen LogP contribution >= 0.6 is 22.9 Å². The van der Waals surface area contributed by atoms with E-state index in [4.69, 9.17) is 17.3 Å². The molecule has 0 aliphatic carbocycles. The third kappa shape index (κ3) is 3.52. The second-order valence-corrected chi connectivity index (χ2v) is 6.38. The molecule has 3 N–H and O–H groups in total. The molecule has 0 saturated carbocycles. The Balaban J connectivity index is 2.05. The van der Waals surface area contributed by atoms with E-state index in [9.17, 15) is 4.79 Å². The number of rotatable bonds is 5. The third-order valence-electron chi connectivity index (χ3n) is 2.89. The maximum absolute atomic E-state index is 12.0. The topological polar surface area (TPSA) is 55.1 Å². The standard InChI is InChI=1S/C15H17ClN2OS/c1-9(2)14(19)15-12(17)7-13(20-15)18-8-10-3-5-11(16)6-4-10/h3-7,9,18H,8,17H2,1-2H3. The minimum absolute atomic E-state index is 0.0416. The predicted octanol–water partition coefficient (Wildman–Crippen LogP) is 4.43. The van der Waals surface area contributed by atoms with E-state index < -0.39 is 0 Å². The average molecular weight is 309 g/mol. The van der Waals surface area contributed by atoms with E-state index in [1.165, 1.54) is 11.3 Å². The number of halogens is 1. The maximum Gasteiger partial charge on any atom is 0.177 e. The van der Waals surface area contributed by atoms with Gasteiger partial charge in [0.15, 0.2) is 5.78 Å². The average Bonchev–Trinajstić information content (AvgIpc) is 2.78. The van der Waals surface area contributed by atoms with E-state index in [-0.39, 0.29) is 11.7 Å². The number of ketones is 1. The molecule has 0 atom stereocenters. The van der Waals surface area contributed by atoms with Crippen LogP contribution in [0.15, 0.2) is 30.3 Å². The van der Waals surface area contributed by atoms with Crippen molar-refractivity contribution in [2.45, 2.75) is 20.4 Å². The van der Waals surface area contributed by atoms with Gasteiger partial charge in [0.25, 0.3) is 0 Å². The van der Waals surface area contributed by atoms with E-state index in [0.717, 1.165) is 15.6 Å². The predicted molar refractivity (Wildman–Crippen MR) is 86.7 cm³/mol. The Bertz CT molecular complexity index is 605. The summed E-state index contributed by atoms with van der Waals surface area (Å²) in [4.78, 5) is 12.6. The Morgan fingerprint density at radius 2 is 2.00 bits per heavy atom. The summed E-state index contributed by atoms with van der Waals surface area (Å²) in [7, 11) is 0. The first-order valence-electron chi connectivity index (χ1n) is 6.39. The molecule has 5 heteroatoms. The summed E-state index contributed by atoms with van der Waals surface area (Å²) >= 11 is 7.25. The van der Waals surface area contributed by atoms with Crippen LogP contribution in [0.2, 0.25) is 5.02 Å². The van der Waals surface area contributed by atoms with Crippen LogP contribution in [0, 0.1) is 5.92 Å². The van der Waals surface area contributed by atoms with Gasteiger partial charge in [0.05, 0.1) is 15.6 Å². The number of hydrogen-bond acceptors (Lipinski definition) is 4. The summed E-state index contributed by atoms with van der Waals surface area (Å²) in [6, 6.07) is 9.46. The summed E-state index contributed by atoms with van der Waals surface area (Å²) in [5, 5.41) is 4.90. The van der Waals surface area contributed by atoms with Crippen molar-refractivity contribution in [3.63, 3.8) is 0 Å². The normalized spacial score (nSPS) is 10.8. The lowest BCUT2D eigenvalue weighted by molar-refractivity contribution is 0.0944. The number of nitrogens with one attached hydrogen (secondary N) is 1. The van der Waals surface area contributed by atoms with Crippen LogP contribution in [0.25, 0.3) is 0 Å². The molecule has 1 heterocycles. The van der Waals surface area contributed by atoms with E-state index in [1.54, 1.807) is 0 Å². The molecule has 0 fully saturated rings. The number of carbonyl (C=O) groups excluding carboxylic acids is 1. The van der Waals surface area contributed by atoms with Gasteiger partial charge >= 0.3 is 0 Å². The SMILES string of the molecule is CC(C)C(=O)c1sc(NCc2ccc(Cl)cc2)cc1N. The number of nitrogen functional groups attached to an aromatic ring is 1. The summed E-state index contributed by atoms with van der Waals surface area (Å²) < 4.78 is 0. The van der Waals surface area contributed by atoms with Gasteiger partial charge in [0.1, 0.15) is 0 Å². The van der Waals surface area contributed by atoms with Crippen LogP contribution in [-0.4, -0.2) is 5.78 Å². The Morgan fingerprint density at radius 1 is 1.35 bits per heavy atom. The van der Waals surface area contributed by atoms with E-state index in [1.807, 2.05) is 44.2 Å². The fraction of sp³-hybridized carbons (Fsp3) is 0.267. The van der Waals surface area contributed by atoms with Gasteiger partial charge in [0.2, 0.25) is 0 Å². The van der Waals surface area contributed by atoms with Crippen LogP contribution < -0.4 is 11.1 Å². The first-order valence-corrected chi connectivity index (χ1v) is 7.58. The van der Waals surface area contributed by atoms with Gasteiger partial charge in [-0.25, -0.2) is 0 Å². The molecule has 0 aliphatic heterocycles. The van der Waals surface area contributed by atoms with Crippen molar-refractivity contribution in [3.8, 4) is 0 Å². The molecule has 0 bridgehead atoms. The summed E-state index contributed by atoms with van der Waals surface area (Å²) in [6.07, 6.45) is 0. The van der Waals surface area contributed by atoms with Crippen molar-refractivity contribution in [1.82, 2.24) is 0 Å². The second kappa shape index (κ2) is 6.29. The number of anilines is 2. The lowest BCUT2D eigenvalue weighted by Gasteiger charge is -2.04. The summed E-state index contributed by atoms with van der Waals surface area (Å²) in [5.74, 6) is 0.0482. The lowest BCUT2D eigenvalue weighted by atomic mass is 10.1. The van der Waals surface area contributed by atoms with Gasteiger partial charge in [-0.2, -0.15) is 0 Å². The molecule has 1 aromatic carbocycles. The Morgan fingerprint density at radius 3 is 2.60 bits per heavy atom. The summed E-state index contributed by atoms with van der Waals surface area (Å²) in [6.45, 7) is 4.43. The molecule has 0 radical (unpaired) electrons. The molecule has 2 rings (SSSR count). The highest BCUT2D eigenvalue weighted by Crippen LogP contribution is 2.31. The van der Waals surface area contributed by atoms with Crippen LogP contribution in [0.5, 0.6) is 0 Å². The van der Waals surface area contributed by atoms with Crippen LogP contribution in [0.1, 0.15) is 29.1 Å². The quantitative estimate of drug-likeness (QED) is 0.803. The van der Waals surface area contributed by atoms with Crippen molar-refractivity contribution in [3.05, 3.63) is 45.8 Å². The Kier molecular flexibility index (Phi) is 4.68. The van der Waals surface area contributed by atoms with E-state index in [2.05, 4.69) is 5.32 Å². The van der Waals surface area contributed by atoms with Crippen molar-refractivity contribution >= 4 is 39.4 Å². The Hall–Kier alpha value is -1.52. The minimum atomic E-state index is -0.0416. The molecule has 0 amide bonds. The molecule has 0 aliphatic rings. The molecule has 3 nitrogen and oxygen atoms in total. The molecule has 0 spiro atoms. The number of hydrogen-bond donors (Lipinski definition) is 2. The molecular formula is C15H17ClN2OS. The number of nitrogens with two attached hydrogens (primary N) is 1. The maximum atomic E-state index is 12.0. The van der Waals surface area contributed by atoms with E-state index >= 15 is 0 Å². The third-order valence-corrected chi connectivity index (χ3v) is 4.26. The first-order chi connectivity index (χ1) is 9.47. The highest BCUT2D eigenvalue weighted by atomic mass is 35.5. The van der Waals surface area contributed by atoms with Crippen molar-refractivity contribution in [2.75, 3.05) is 11.1 Å². The van der Waals surface area contributed by atoms with Gasteiger partial charge in [-0.05, 0) is 23.8 Å². The minimum Gasteiger partial charge on any atom is -0.397 e.